The van der Waals surface area contributed by atoms with Crippen LogP contribution in [0.1, 0.15) is 36.1 Å². The van der Waals surface area contributed by atoms with E-state index < -0.39 is 24.0 Å². The molecule has 0 heterocycles. The first kappa shape index (κ1) is 21.2. The number of hydrogen-bond acceptors (Lipinski definition) is 6. The molecule has 2 aromatic carbocycles. The Labute approximate surface area is 162 Å². The Morgan fingerprint density at radius 2 is 1.07 bits per heavy atom. The van der Waals surface area contributed by atoms with E-state index >= 15 is 0 Å². The van der Waals surface area contributed by atoms with Crippen molar-refractivity contribution in [2.24, 2.45) is 0 Å². The highest BCUT2D eigenvalue weighted by molar-refractivity contribution is 5.77. The molecule has 0 aromatic heterocycles. The second-order valence-corrected chi connectivity index (χ2v) is 6.28. The lowest BCUT2D eigenvalue weighted by Gasteiger charge is -2.17. The first-order valence-corrected chi connectivity index (χ1v) is 8.90. The number of benzene rings is 2. The molecule has 8 nitrogen and oxygen atoms in total. The number of unbranched alkanes of at least 4 members (excludes halogenated alkanes) is 1. The molecule has 2 rings (SSSR count). The summed E-state index contributed by atoms with van der Waals surface area (Å²) in [5.74, 6) is -2.36. The zero-order valence-electron chi connectivity index (χ0n) is 15.2. The molecule has 0 amide bonds. The highest BCUT2D eigenvalue weighted by Crippen LogP contribution is 2.25. The van der Waals surface area contributed by atoms with Gasteiger partial charge in [-0.25, -0.2) is 0 Å². The van der Waals surface area contributed by atoms with Crippen molar-refractivity contribution in [3.05, 3.63) is 59.7 Å². The molecule has 0 radical (unpaired) electrons. The van der Waals surface area contributed by atoms with E-state index in [9.17, 15) is 30.0 Å². The highest BCUT2D eigenvalue weighted by Gasteiger charge is 2.23. The van der Waals surface area contributed by atoms with Crippen LogP contribution in [0.25, 0.3) is 0 Å². The van der Waals surface area contributed by atoms with E-state index in [1.165, 1.54) is 12.1 Å². The summed E-state index contributed by atoms with van der Waals surface area (Å²) in [4.78, 5) is 22.9. The third kappa shape index (κ3) is 5.70. The summed E-state index contributed by atoms with van der Waals surface area (Å²) in [5, 5.41) is 44.1. The van der Waals surface area contributed by atoms with Crippen LogP contribution in [-0.2, 0) is 9.59 Å². The van der Waals surface area contributed by atoms with Crippen LogP contribution in [0.4, 0.5) is 0 Å². The Balaban J connectivity index is 1.81. The number of hydrogen-bond donors (Lipinski definition) is 6. The van der Waals surface area contributed by atoms with Crippen LogP contribution < -0.4 is 10.6 Å². The van der Waals surface area contributed by atoms with Crippen LogP contribution in [0.15, 0.2) is 48.5 Å². The van der Waals surface area contributed by atoms with Gasteiger partial charge in [0.2, 0.25) is 0 Å². The Morgan fingerprint density at radius 3 is 1.39 bits per heavy atom. The summed E-state index contributed by atoms with van der Waals surface area (Å²) < 4.78 is 0. The predicted molar refractivity (Wildman–Crippen MR) is 102 cm³/mol. The molecule has 0 bridgehead atoms. The number of carboxylic acids is 2. The van der Waals surface area contributed by atoms with E-state index in [1.54, 1.807) is 36.4 Å². The first-order chi connectivity index (χ1) is 13.4. The van der Waals surface area contributed by atoms with Gasteiger partial charge in [-0.3, -0.25) is 9.59 Å². The van der Waals surface area contributed by atoms with E-state index in [0.717, 1.165) is 0 Å². The van der Waals surface area contributed by atoms with E-state index in [-0.39, 0.29) is 11.5 Å². The van der Waals surface area contributed by atoms with Gasteiger partial charge < -0.3 is 31.1 Å². The van der Waals surface area contributed by atoms with Crippen LogP contribution >= 0.6 is 0 Å². The lowest BCUT2D eigenvalue weighted by Crippen LogP contribution is -2.31. The fourth-order valence-corrected chi connectivity index (χ4v) is 2.87. The third-order valence-corrected chi connectivity index (χ3v) is 4.29. The molecular weight excluding hydrogens is 364 g/mol. The number of para-hydroxylation sites is 2. The number of nitrogens with one attached hydrogen (secondary N) is 2. The van der Waals surface area contributed by atoms with Crippen LogP contribution in [0.5, 0.6) is 11.5 Å². The lowest BCUT2D eigenvalue weighted by atomic mass is 10.1. The Bertz CT molecular complexity index is 743. The second kappa shape index (κ2) is 10.3. The topological polar surface area (TPSA) is 139 Å². The minimum atomic E-state index is -1.09. The number of carbonyl (C=O) groups is 2. The van der Waals surface area contributed by atoms with Gasteiger partial charge in [-0.1, -0.05) is 36.4 Å². The molecule has 8 heteroatoms. The normalized spacial score (nSPS) is 13.0. The molecule has 2 atom stereocenters. The lowest BCUT2D eigenvalue weighted by molar-refractivity contribution is -0.140. The number of carboxylic acid groups (broad SMARTS) is 2. The Morgan fingerprint density at radius 1 is 0.714 bits per heavy atom. The van der Waals surface area contributed by atoms with Crippen molar-refractivity contribution in [1.29, 1.82) is 0 Å². The molecule has 0 aliphatic heterocycles. The Hall–Kier alpha value is -3.10. The van der Waals surface area contributed by atoms with Crippen LogP contribution in [0, 0.1) is 0 Å². The number of phenols is 2. The predicted octanol–water partition coefficient (Wildman–Crippen LogP) is 2.01. The van der Waals surface area contributed by atoms with Gasteiger partial charge in [-0.15, -0.1) is 0 Å². The quantitative estimate of drug-likeness (QED) is 0.321. The van der Waals surface area contributed by atoms with Crippen molar-refractivity contribution in [3.63, 3.8) is 0 Å². The summed E-state index contributed by atoms with van der Waals surface area (Å²) in [6.07, 6.45) is 1.19. The maximum absolute atomic E-state index is 11.5. The minimum absolute atomic E-state index is 0.0870. The summed E-state index contributed by atoms with van der Waals surface area (Å²) in [6.45, 7) is 0.753. The molecule has 0 aliphatic carbocycles. The molecule has 6 N–H and O–H groups in total. The van der Waals surface area contributed by atoms with E-state index in [0.29, 0.717) is 37.1 Å². The zero-order valence-corrected chi connectivity index (χ0v) is 15.2. The van der Waals surface area contributed by atoms with Gasteiger partial charge in [0.1, 0.15) is 23.6 Å². The Kier molecular flexibility index (Phi) is 7.79. The highest BCUT2D eigenvalue weighted by atomic mass is 16.4. The van der Waals surface area contributed by atoms with E-state index in [4.69, 9.17) is 0 Å². The van der Waals surface area contributed by atoms with E-state index in [1.807, 2.05) is 0 Å². The molecule has 28 heavy (non-hydrogen) atoms. The third-order valence-electron chi connectivity index (χ3n) is 4.29. The van der Waals surface area contributed by atoms with Gasteiger partial charge in [0.15, 0.2) is 0 Å². The van der Waals surface area contributed by atoms with Crippen LogP contribution in [0.2, 0.25) is 0 Å². The van der Waals surface area contributed by atoms with Gasteiger partial charge >= 0.3 is 11.9 Å². The smallest absolute Gasteiger partial charge is 0.325 e. The number of aromatic hydroxyl groups is 2. The molecule has 0 saturated heterocycles. The van der Waals surface area contributed by atoms with Gasteiger partial charge in [0.25, 0.3) is 0 Å². The number of rotatable bonds is 11. The molecule has 2 aromatic rings. The summed E-state index contributed by atoms with van der Waals surface area (Å²) >= 11 is 0. The summed E-state index contributed by atoms with van der Waals surface area (Å²) in [6, 6.07) is 10.5. The standard InChI is InChI=1S/C20H24N2O6/c23-15-9-3-1-7-13(15)17(19(25)26)21-11-5-6-12-22-18(20(27)28)14-8-2-4-10-16(14)24/h1-4,7-10,17-18,21-24H,5-6,11-12H2,(H,25,26)(H,27,28). The van der Waals surface area contributed by atoms with E-state index in [2.05, 4.69) is 10.6 Å². The van der Waals surface area contributed by atoms with Crippen LogP contribution in [0.3, 0.4) is 0 Å². The number of aliphatic carboxylic acids is 2. The van der Waals surface area contributed by atoms with Crippen molar-refractivity contribution < 1.29 is 30.0 Å². The zero-order chi connectivity index (χ0) is 20.5. The van der Waals surface area contributed by atoms with Crippen LogP contribution in [-0.4, -0.2) is 45.5 Å². The van der Waals surface area contributed by atoms with Crippen molar-refractivity contribution >= 4 is 11.9 Å². The van der Waals surface area contributed by atoms with Gasteiger partial charge in [0, 0.05) is 11.1 Å². The fraction of sp³-hybridized carbons (Fsp3) is 0.300. The molecule has 0 aliphatic rings. The molecular formula is C20H24N2O6. The average molecular weight is 388 g/mol. The molecule has 2 unspecified atom stereocenters. The van der Waals surface area contributed by atoms with Gasteiger partial charge in [0.05, 0.1) is 0 Å². The molecule has 0 fully saturated rings. The van der Waals surface area contributed by atoms with Gasteiger partial charge in [-0.2, -0.15) is 0 Å². The SMILES string of the molecule is O=C(O)C(NCCCCNC(C(=O)O)c1ccccc1O)c1ccccc1O. The fourth-order valence-electron chi connectivity index (χ4n) is 2.87. The monoisotopic (exact) mass is 388 g/mol. The van der Waals surface area contributed by atoms with Crippen molar-refractivity contribution in [2.75, 3.05) is 13.1 Å². The largest absolute Gasteiger partial charge is 0.508 e. The summed E-state index contributed by atoms with van der Waals surface area (Å²) in [5.41, 5.74) is 0.581. The maximum atomic E-state index is 11.5. The van der Waals surface area contributed by atoms with Gasteiger partial charge in [-0.05, 0) is 38.1 Å². The van der Waals surface area contributed by atoms with Crippen molar-refractivity contribution in [3.8, 4) is 11.5 Å². The molecule has 0 spiro atoms. The van der Waals surface area contributed by atoms with Crippen molar-refractivity contribution in [1.82, 2.24) is 10.6 Å². The van der Waals surface area contributed by atoms with Crippen molar-refractivity contribution in [2.45, 2.75) is 24.9 Å². The second-order valence-electron chi connectivity index (χ2n) is 6.28. The average Bonchev–Trinajstić information content (AvgIpc) is 2.65. The minimum Gasteiger partial charge on any atom is -0.508 e. The maximum Gasteiger partial charge on any atom is 0.325 e. The molecule has 0 saturated carbocycles. The molecule has 150 valence electrons. The summed E-state index contributed by atoms with van der Waals surface area (Å²) in [7, 11) is 0. The first-order valence-electron chi connectivity index (χ1n) is 8.90. The number of phenolic OH excluding ortho intramolecular Hbond substituents is 2.